The van der Waals surface area contributed by atoms with E-state index in [1.807, 2.05) is 6.92 Å². The van der Waals surface area contributed by atoms with Gasteiger partial charge < -0.3 is 5.73 Å². The Morgan fingerprint density at radius 3 is 2.45 bits per heavy atom. The number of sulfonamides is 1. The zero-order valence-electron chi connectivity index (χ0n) is 17.1. The van der Waals surface area contributed by atoms with Crippen LogP contribution in [0.4, 0.5) is 4.39 Å². The number of aryl methyl sites for hydroxylation is 1. The van der Waals surface area contributed by atoms with E-state index in [1.54, 1.807) is 19.9 Å². The van der Waals surface area contributed by atoms with Gasteiger partial charge in [-0.15, -0.1) is 0 Å². The minimum absolute atomic E-state index is 0.169. The zero-order chi connectivity index (χ0) is 22.9. The summed E-state index contributed by atoms with van der Waals surface area (Å²) >= 11 is 5.90. The van der Waals surface area contributed by atoms with Gasteiger partial charge in [-0.25, -0.2) is 28.4 Å². The molecule has 1 heterocycles. The van der Waals surface area contributed by atoms with Gasteiger partial charge in [0.25, 0.3) is 0 Å². The lowest BCUT2D eigenvalue weighted by molar-refractivity contribution is 0.0997. The molecule has 0 unspecified atom stereocenters. The van der Waals surface area contributed by atoms with Crippen LogP contribution in [0.15, 0.2) is 35.2 Å². The monoisotopic (exact) mass is 470 g/mol. The molecule has 1 amide bonds. The molecule has 9 nitrogen and oxygen atoms in total. The lowest BCUT2D eigenvalue weighted by Gasteiger charge is -2.31. The number of hydrogen-bond acceptors (Lipinski definition) is 7. The molecule has 0 spiro atoms. The predicted molar refractivity (Wildman–Crippen MR) is 115 cm³/mol. The molecule has 2 aromatic carbocycles. The van der Waals surface area contributed by atoms with Crippen LogP contribution in [0.1, 0.15) is 39.9 Å². The number of nitrogens with two attached hydrogens (primary N) is 1. The number of hydrazine groups is 3. The summed E-state index contributed by atoms with van der Waals surface area (Å²) in [7, 11) is -4.25. The maximum atomic E-state index is 14.8. The molecule has 1 fully saturated rings. The van der Waals surface area contributed by atoms with Crippen molar-refractivity contribution in [2.24, 2.45) is 5.73 Å². The number of rotatable bonds is 7. The molecular formula is C19H24ClFN6O3S. The van der Waals surface area contributed by atoms with Crippen LogP contribution in [-0.2, 0) is 10.0 Å². The lowest BCUT2D eigenvalue weighted by Crippen LogP contribution is -2.56. The van der Waals surface area contributed by atoms with Gasteiger partial charge in [-0.2, -0.15) is 11.1 Å². The van der Waals surface area contributed by atoms with Crippen LogP contribution in [0.25, 0.3) is 0 Å². The van der Waals surface area contributed by atoms with Crippen LogP contribution in [0.2, 0.25) is 5.02 Å². The number of primary amides is 1. The Morgan fingerprint density at radius 1 is 1.19 bits per heavy atom. The first-order valence-corrected chi connectivity index (χ1v) is 11.3. The molecule has 0 aromatic heterocycles. The maximum absolute atomic E-state index is 14.8. The van der Waals surface area contributed by atoms with Crippen LogP contribution in [0, 0.1) is 19.7 Å². The van der Waals surface area contributed by atoms with Crippen LogP contribution in [0.5, 0.6) is 0 Å². The molecule has 1 saturated heterocycles. The third kappa shape index (κ3) is 4.88. The Bertz CT molecular complexity index is 1110. The fraction of sp³-hybridized carbons (Fsp3) is 0.316. The summed E-state index contributed by atoms with van der Waals surface area (Å²) in [5.41, 5.74) is 18.1. The molecule has 0 radical (unpaired) electrons. The topological polar surface area (TPSA) is 137 Å². The van der Waals surface area contributed by atoms with Crippen molar-refractivity contribution in [1.82, 2.24) is 26.6 Å². The fourth-order valence-electron chi connectivity index (χ4n) is 3.62. The van der Waals surface area contributed by atoms with E-state index in [0.717, 1.165) is 11.1 Å². The van der Waals surface area contributed by atoms with Gasteiger partial charge in [-0.3, -0.25) is 4.79 Å². The predicted octanol–water partition coefficient (Wildman–Crippen LogP) is 1.09. The first-order chi connectivity index (χ1) is 14.5. The van der Waals surface area contributed by atoms with Crippen molar-refractivity contribution in [2.75, 3.05) is 0 Å². The van der Waals surface area contributed by atoms with E-state index in [-0.39, 0.29) is 15.5 Å². The van der Waals surface area contributed by atoms with E-state index in [0.29, 0.717) is 5.56 Å². The summed E-state index contributed by atoms with van der Waals surface area (Å²) in [4.78, 5) is 11.5. The Labute approximate surface area is 184 Å². The van der Waals surface area contributed by atoms with Gasteiger partial charge in [0.2, 0.25) is 15.9 Å². The molecule has 168 valence electrons. The molecule has 2 aromatic rings. The van der Waals surface area contributed by atoms with Gasteiger partial charge in [-0.05, 0) is 54.8 Å². The summed E-state index contributed by atoms with van der Waals surface area (Å²) in [6, 6.07) is 5.89. The third-order valence-electron chi connectivity index (χ3n) is 5.39. The van der Waals surface area contributed by atoms with E-state index in [9.17, 15) is 17.6 Å². The van der Waals surface area contributed by atoms with Crippen LogP contribution < -0.4 is 32.4 Å². The summed E-state index contributed by atoms with van der Waals surface area (Å²) in [5.74, 6) is -1.98. The molecule has 3 rings (SSSR count). The highest BCUT2D eigenvalue weighted by Gasteiger charge is 2.36. The average molecular weight is 471 g/mol. The highest BCUT2D eigenvalue weighted by atomic mass is 35.5. The standard InChI is InChI=1S/C19H24ClFN6O3S/c1-9-4-6-14(21)16(10(9)2)11(3)17(19-23-26-27-24-19)25-31(29,30)15-7-5-12(20)8-13(15)18(22)28/h4-8,11,17,19,23-27H,1-3H3,(H2,22,28)/t11-,17+/m1/s1. The Balaban J connectivity index is 2.05. The smallest absolute Gasteiger partial charge is 0.250 e. The fourth-order valence-corrected chi connectivity index (χ4v) is 5.31. The lowest BCUT2D eigenvalue weighted by atomic mass is 9.87. The molecule has 1 aliphatic heterocycles. The largest absolute Gasteiger partial charge is 0.366 e. The van der Waals surface area contributed by atoms with Crippen LogP contribution in [0.3, 0.4) is 0 Å². The number of halogens is 2. The minimum Gasteiger partial charge on any atom is -0.366 e. The SMILES string of the molecule is Cc1ccc(F)c([C@@H](C)[C@H](NS(=O)(=O)c2ccc(Cl)cc2C(N)=O)C2NNNN2)c1C. The van der Waals surface area contributed by atoms with Crippen molar-refractivity contribution >= 4 is 27.5 Å². The number of nitrogens with one attached hydrogen (secondary N) is 5. The van der Waals surface area contributed by atoms with Gasteiger partial charge in [-0.1, -0.05) is 24.6 Å². The van der Waals surface area contributed by atoms with Crippen molar-refractivity contribution in [2.45, 2.75) is 43.8 Å². The third-order valence-corrected chi connectivity index (χ3v) is 7.14. The molecule has 2 atom stereocenters. The number of hydrogen-bond donors (Lipinski definition) is 6. The minimum atomic E-state index is -4.25. The number of carbonyl (C=O) groups is 1. The van der Waals surface area contributed by atoms with Crippen LogP contribution >= 0.6 is 11.6 Å². The van der Waals surface area contributed by atoms with E-state index in [2.05, 4.69) is 26.6 Å². The summed E-state index contributed by atoms with van der Waals surface area (Å²) < 4.78 is 43.9. The van der Waals surface area contributed by atoms with Crippen LogP contribution in [-0.4, -0.2) is 26.5 Å². The number of amides is 1. The van der Waals surface area contributed by atoms with E-state index in [4.69, 9.17) is 17.3 Å². The van der Waals surface area contributed by atoms with Crippen molar-refractivity contribution < 1.29 is 17.6 Å². The van der Waals surface area contributed by atoms with Gasteiger partial charge in [0.15, 0.2) is 0 Å². The summed E-state index contributed by atoms with van der Waals surface area (Å²) in [5, 5.41) is 0.169. The number of benzene rings is 2. The van der Waals surface area contributed by atoms with Gasteiger partial charge in [0.05, 0.1) is 16.5 Å². The normalized spacial score (nSPS) is 16.9. The molecule has 0 saturated carbocycles. The summed E-state index contributed by atoms with van der Waals surface area (Å²) in [6.45, 7) is 5.36. The maximum Gasteiger partial charge on any atom is 0.250 e. The van der Waals surface area contributed by atoms with Gasteiger partial charge in [0, 0.05) is 10.9 Å². The Morgan fingerprint density at radius 2 is 1.84 bits per heavy atom. The van der Waals surface area contributed by atoms with Crippen molar-refractivity contribution in [3.63, 3.8) is 0 Å². The van der Waals surface area contributed by atoms with Crippen molar-refractivity contribution in [3.8, 4) is 0 Å². The molecule has 7 N–H and O–H groups in total. The second-order valence-corrected chi connectivity index (χ2v) is 9.48. The Kier molecular flexibility index (Phi) is 6.96. The molecule has 1 aliphatic rings. The highest BCUT2D eigenvalue weighted by molar-refractivity contribution is 7.89. The van der Waals surface area contributed by atoms with E-state index < -0.39 is 39.9 Å². The Hall–Kier alpha value is -2.12. The van der Waals surface area contributed by atoms with Crippen molar-refractivity contribution in [3.05, 3.63) is 63.4 Å². The molecule has 31 heavy (non-hydrogen) atoms. The van der Waals surface area contributed by atoms with E-state index >= 15 is 0 Å². The van der Waals surface area contributed by atoms with Gasteiger partial charge in [0.1, 0.15) is 12.0 Å². The quantitative estimate of drug-likeness (QED) is 0.356. The first kappa shape index (κ1) is 23.5. The molecule has 0 bridgehead atoms. The zero-order valence-corrected chi connectivity index (χ0v) is 18.7. The average Bonchev–Trinajstić information content (AvgIpc) is 3.23. The van der Waals surface area contributed by atoms with Crippen molar-refractivity contribution in [1.29, 1.82) is 0 Å². The molecular weight excluding hydrogens is 447 g/mol. The number of carbonyl (C=O) groups excluding carboxylic acids is 1. The highest BCUT2D eigenvalue weighted by Crippen LogP contribution is 2.30. The van der Waals surface area contributed by atoms with E-state index in [1.165, 1.54) is 24.3 Å². The summed E-state index contributed by atoms with van der Waals surface area (Å²) in [6.07, 6.45) is -0.659. The second-order valence-electron chi connectivity index (χ2n) is 7.36. The first-order valence-electron chi connectivity index (χ1n) is 9.41. The van der Waals surface area contributed by atoms with Gasteiger partial charge >= 0.3 is 0 Å². The second kappa shape index (κ2) is 9.17. The molecule has 12 heteroatoms. The molecule has 0 aliphatic carbocycles.